The lowest BCUT2D eigenvalue weighted by Crippen LogP contribution is -2.41. The van der Waals surface area contributed by atoms with E-state index in [1.165, 1.54) is 0 Å². The Morgan fingerprint density at radius 2 is 2.00 bits per heavy atom. The SMILES string of the molecule is Cc1nccc(OC2CCN(C(=O)c3ccc4c(c3)OCO4)CC2)n1. The standard InChI is InChI=1S/C18H19N3O4/c1-12-19-7-4-17(20-12)25-14-5-8-21(9-6-14)18(22)13-2-3-15-16(10-13)24-11-23-15/h2-4,7,10,14H,5-6,8-9,11H2,1H3. The molecule has 2 aliphatic rings. The minimum absolute atomic E-state index is 0.00892. The molecule has 1 amide bonds. The molecule has 0 radical (unpaired) electrons. The van der Waals surface area contributed by atoms with Crippen molar-refractivity contribution in [3.63, 3.8) is 0 Å². The van der Waals surface area contributed by atoms with Gasteiger partial charge in [0.05, 0.1) is 0 Å². The monoisotopic (exact) mass is 341 g/mol. The summed E-state index contributed by atoms with van der Waals surface area (Å²) in [5.41, 5.74) is 0.620. The highest BCUT2D eigenvalue weighted by Crippen LogP contribution is 2.33. The number of benzene rings is 1. The van der Waals surface area contributed by atoms with Crippen LogP contribution in [0.5, 0.6) is 17.4 Å². The summed E-state index contributed by atoms with van der Waals surface area (Å²) in [6.45, 7) is 3.35. The average Bonchev–Trinajstić information content (AvgIpc) is 3.09. The number of carbonyl (C=O) groups is 1. The van der Waals surface area contributed by atoms with Crippen LogP contribution in [0.2, 0.25) is 0 Å². The summed E-state index contributed by atoms with van der Waals surface area (Å²) in [6.07, 6.45) is 3.31. The van der Waals surface area contributed by atoms with Crippen molar-refractivity contribution < 1.29 is 19.0 Å². The minimum atomic E-state index is 0.00892. The van der Waals surface area contributed by atoms with E-state index in [-0.39, 0.29) is 18.8 Å². The van der Waals surface area contributed by atoms with Gasteiger partial charge in [0.2, 0.25) is 12.7 Å². The van der Waals surface area contributed by atoms with Gasteiger partial charge in [-0.3, -0.25) is 4.79 Å². The van der Waals surface area contributed by atoms with E-state index in [1.807, 2.05) is 11.8 Å². The summed E-state index contributed by atoms with van der Waals surface area (Å²) in [5, 5.41) is 0. The number of ether oxygens (including phenoxy) is 3. The van der Waals surface area contributed by atoms with Gasteiger partial charge >= 0.3 is 0 Å². The van der Waals surface area contributed by atoms with Crippen molar-refractivity contribution >= 4 is 5.91 Å². The van der Waals surface area contributed by atoms with Crippen LogP contribution in [0.15, 0.2) is 30.5 Å². The van der Waals surface area contributed by atoms with Gasteiger partial charge < -0.3 is 19.1 Å². The topological polar surface area (TPSA) is 73.8 Å². The zero-order chi connectivity index (χ0) is 17.2. The molecule has 3 heterocycles. The van der Waals surface area contributed by atoms with Crippen molar-refractivity contribution in [2.45, 2.75) is 25.9 Å². The van der Waals surface area contributed by atoms with E-state index < -0.39 is 0 Å². The van der Waals surface area contributed by atoms with Gasteiger partial charge in [0.25, 0.3) is 5.91 Å². The van der Waals surface area contributed by atoms with Gasteiger partial charge in [-0.15, -0.1) is 0 Å². The summed E-state index contributed by atoms with van der Waals surface area (Å²) >= 11 is 0. The third-order valence-corrected chi connectivity index (χ3v) is 4.39. The molecule has 0 N–H and O–H groups in total. The molecule has 130 valence electrons. The van der Waals surface area contributed by atoms with E-state index in [9.17, 15) is 4.79 Å². The molecule has 0 spiro atoms. The van der Waals surface area contributed by atoms with E-state index in [4.69, 9.17) is 14.2 Å². The molecule has 2 aromatic rings. The highest BCUT2D eigenvalue weighted by atomic mass is 16.7. The molecule has 0 bridgehead atoms. The van der Waals surface area contributed by atoms with Gasteiger partial charge in [-0.05, 0) is 25.1 Å². The van der Waals surface area contributed by atoms with Crippen molar-refractivity contribution in [3.8, 4) is 17.4 Å². The molecule has 0 atom stereocenters. The van der Waals surface area contributed by atoms with Crippen LogP contribution in [0.25, 0.3) is 0 Å². The summed E-state index contributed by atoms with van der Waals surface area (Å²) in [6, 6.07) is 7.07. The first kappa shape index (κ1) is 15.7. The van der Waals surface area contributed by atoms with Gasteiger partial charge in [-0.1, -0.05) is 0 Å². The highest BCUT2D eigenvalue weighted by molar-refractivity contribution is 5.95. The number of carbonyl (C=O) groups excluding carboxylic acids is 1. The van der Waals surface area contributed by atoms with Crippen molar-refractivity contribution in [2.75, 3.05) is 19.9 Å². The normalized spacial score (nSPS) is 16.8. The third kappa shape index (κ3) is 3.35. The molecule has 0 aliphatic carbocycles. The Kier molecular flexibility index (Phi) is 4.13. The molecule has 2 aliphatic heterocycles. The third-order valence-electron chi connectivity index (χ3n) is 4.39. The summed E-state index contributed by atoms with van der Waals surface area (Å²) < 4.78 is 16.5. The van der Waals surface area contributed by atoms with Crippen molar-refractivity contribution in [1.82, 2.24) is 14.9 Å². The van der Waals surface area contributed by atoms with E-state index in [0.717, 1.165) is 12.8 Å². The lowest BCUT2D eigenvalue weighted by molar-refractivity contribution is 0.0587. The Hall–Kier alpha value is -2.83. The minimum Gasteiger partial charge on any atom is -0.474 e. The maximum Gasteiger partial charge on any atom is 0.253 e. The van der Waals surface area contributed by atoms with Gasteiger partial charge in [0.1, 0.15) is 11.9 Å². The molecule has 4 rings (SSSR count). The number of rotatable bonds is 3. The van der Waals surface area contributed by atoms with Crippen molar-refractivity contribution in [2.24, 2.45) is 0 Å². The van der Waals surface area contributed by atoms with Crippen LogP contribution in [0.1, 0.15) is 29.0 Å². The van der Waals surface area contributed by atoms with Crippen LogP contribution < -0.4 is 14.2 Å². The number of amides is 1. The first-order valence-electron chi connectivity index (χ1n) is 8.34. The second-order valence-corrected chi connectivity index (χ2v) is 6.12. The predicted molar refractivity (Wildman–Crippen MR) is 88.9 cm³/mol. The van der Waals surface area contributed by atoms with E-state index in [2.05, 4.69) is 9.97 Å². The number of piperidine rings is 1. The first-order chi connectivity index (χ1) is 12.2. The fourth-order valence-electron chi connectivity index (χ4n) is 3.06. The molecular formula is C18H19N3O4. The average molecular weight is 341 g/mol. The molecule has 1 aromatic heterocycles. The second kappa shape index (κ2) is 6.58. The molecule has 25 heavy (non-hydrogen) atoms. The zero-order valence-electron chi connectivity index (χ0n) is 14.0. The van der Waals surface area contributed by atoms with Gasteiger partial charge in [-0.2, -0.15) is 4.98 Å². The highest BCUT2D eigenvalue weighted by Gasteiger charge is 2.26. The van der Waals surface area contributed by atoms with Crippen LogP contribution in [0.3, 0.4) is 0 Å². The Balaban J connectivity index is 1.36. The predicted octanol–water partition coefficient (Wildman–Crippen LogP) is 2.20. The smallest absolute Gasteiger partial charge is 0.253 e. The number of likely N-dealkylation sites (tertiary alicyclic amines) is 1. The van der Waals surface area contributed by atoms with Crippen LogP contribution >= 0.6 is 0 Å². The largest absolute Gasteiger partial charge is 0.474 e. The lowest BCUT2D eigenvalue weighted by Gasteiger charge is -2.32. The molecule has 1 saturated heterocycles. The quantitative estimate of drug-likeness (QED) is 0.852. The maximum atomic E-state index is 12.7. The fourth-order valence-corrected chi connectivity index (χ4v) is 3.06. The number of aryl methyl sites for hydroxylation is 1. The molecule has 0 unspecified atom stereocenters. The van der Waals surface area contributed by atoms with Gasteiger partial charge in [0, 0.05) is 43.8 Å². The molecular weight excluding hydrogens is 322 g/mol. The molecule has 1 fully saturated rings. The van der Waals surface area contributed by atoms with Gasteiger partial charge in [0.15, 0.2) is 11.5 Å². The lowest BCUT2D eigenvalue weighted by atomic mass is 10.1. The van der Waals surface area contributed by atoms with Crippen molar-refractivity contribution in [1.29, 1.82) is 0 Å². The summed E-state index contributed by atoms with van der Waals surface area (Å²) in [7, 11) is 0. The van der Waals surface area contributed by atoms with Crippen LogP contribution in [-0.4, -0.2) is 46.8 Å². The number of hydrogen-bond acceptors (Lipinski definition) is 6. The molecule has 1 aromatic carbocycles. The van der Waals surface area contributed by atoms with E-state index >= 15 is 0 Å². The van der Waals surface area contributed by atoms with Gasteiger partial charge in [-0.25, -0.2) is 4.98 Å². The van der Waals surface area contributed by atoms with E-state index in [1.54, 1.807) is 30.5 Å². The van der Waals surface area contributed by atoms with Crippen LogP contribution in [-0.2, 0) is 0 Å². The Morgan fingerprint density at radius 1 is 1.20 bits per heavy atom. The first-order valence-corrected chi connectivity index (χ1v) is 8.34. The number of hydrogen-bond donors (Lipinski definition) is 0. The summed E-state index contributed by atoms with van der Waals surface area (Å²) in [5.74, 6) is 2.60. The number of aromatic nitrogens is 2. The molecule has 7 nitrogen and oxygen atoms in total. The molecule has 0 saturated carbocycles. The maximum absolute atomic E-state index is 12.7. The van der Waals surface area contributed by atoms with E-state index in [0.29, 0.717) is 41.9 Å². The summed E-state index contributed by atoms with van der Waals surface area (Å²) in [4.78, 5) is 22.9. The van der Waals surface area contributed by atoms with Crippen LogP contribution in [0.4, 0.5) is 0 Å². The number of fused-ring (bicyclic) bond motifs is 1. The van der Waals surface area contributed by atoms with Crippen molar-refractivity contribution in [3.05, 3.63) is 41.9 Å². The molecule has 7 heteroatoms. The Labute approximate surface area is 145 Å². The fraction of sp³-hybridized carbons (Fsp3) is 0.389. The Bertz CT molecular complexity index is 788. The Morgan fingerprint density at radius 3 is 2.80 bits per heavy atom. The van der Waals surface area contributed by atoms with Crippen LogP contribution in [0, 0.1) is 6.92 Å². The number of nitrogens with zero attached hydrogens (tertiary/aromatic N) is 3. The zero-order valence-corrected chi connectivity index (χ0v) is 14.0. The second-order valence-electron chi connectivity index (χ2n) is 6.12.